The van der Waals surface area contributed by atoms with Crippen LogP contribution < -0.4 is 0 Å². The van der Waals surface area contributed by atoms with Gasteiger partial charge < -0.3 is 0 Å². The lowest BCUT2D eigenvalue weighted by Gasteiger charge is -2.16. The molecule has 0 aliphatic carbocycles. The van der Waals surface area contributed by atoms with Gasteiger partial charge in [-0.1, -0.05) is 91.0 Å². The van der Waals surface area contributed by atoms with Crippen molar-refractivity contribution < 1.29 is 8.42 Å². The van der Waals surface area contributed by atoms with E-state index >= 15 is 0 Å². The van der Waals surface area contributed by atoms with Crippen LogP contribution in [0.4, 0.5) is 0 Å². The van der Waals surface area contributed by atoms with Crippen molar-refractivity contribution in [3.63, 3.8) is 0 Å². The summed E-state index contributed by atoms with van der Waals surface area (Å²) < 4.78 is 23.7. The summed E-state index contributed by atoms with van der Waals surface area (Å²) in [7, 11) is 1.77. The Labute approximate surface area is 169 Å². The minimum Gasteiger partial charge on any atom is -0.207 e. The lowest BCUT2D eigenvalue weighted by molar-refractivity contribution is 0.609. The molecule has 4 rings (SSSR count). The van der Waals surface area contributed by atoms with E-state index < -0.39 is 9.05 Å². The molecule has 0 N–H and O–H groups in total. The average Bonchev–Trinajstić information content (AvgIpc) is 2.74. The molecule has 0 saturated heterocycles. The van der Waals surface area contributed by atoms with Gasteiger partial charge in [0.2, 0.25) is 0 Å². The highest BCUT2D eigenvalue weighted by Gasteiger charge is 2.16. The Morgan fingerprint density at radius 1 is 0.536 bits per heavy atom. The van der Waals surface area contributed by atoms with Crippen molar-refractivity contribution >= 4 is 19.7 Å². The molecule has 0 spiro atoms. The van der Waals surface area contributed by atoms with Gasteiger partial charge >= 0.3 is 0 Å². The molecule has 0 aliphatic heterocycles. The summed E-state index contributed by atoms with van der Waals surface area (Å²) in [6, 6.07) is 33.1. The molecule has 0 fully saturated rings. The van der Waals surface area contributed by atoms with Crippen molar-refractivity contribution in [2.75, 3.05) is 0 Å². The molecule has 0 radical (unpaired) electrons. The Morgan fingerprint density at radius 3 is 1.64 bits per heavy atom. The molecule has 0 unspecified atom stereocenters. The zero-order valence-corrected chi connectivity index (χ0v) is 16.5. The Kier molecular flexibility index (Phi) is 5.03. The summed E-state index contributed by atoms with van der Waals surface area (Å²) in [5.41, 5.74) is 6.07. The summed E-state index contributed by atoms with van der Waals surface area (Å²) in [6.07, 6.45) is 0. The number of halogens is 1. The highest BCUT2D eigenvalue weighted by molar-refractivity contribution is 8.13. The van der Waals surface area contributed by atoms with Gasteiger partial charge in [0, 0.05) is 10.7 Å². The van der Waals surface area contributed by atoms with E-state index in [9.17, 15) is 8.42 Å². The van der Waals surface area contributed by atoms with Gasteiger partial charge in [-0.15, -0.1) is 0 Å². The number of rotatable bonds is 4. The number of benzene rings is 4. The van der Waals surface area contributed by atoms with E-state index in [-0.39, 0.29) is 4.90 Å². The predicted octanol–water partition coefficient (Wildman–Crippen LogP) is 6.62. The topological polar surface area (TPSA) is 34.1 Å². The third-order valence-electron chi connectivity index (χ3n) is 4.64. The molecule has 4 aromatic carbocycles. The van der Waals surface area contributed by atoms with Crippen LogP contribution in [0.2, 0.25) is 0 Å². The Balaban J connectivity index is 2.02. The minimum atomic E-state index is -3.80. The van der Waals surface area contributed by atoms with E-state index in [1.54, 1.807) is 12.1 Å². The first-order valence-electron chi connectivity index (χ1n) is 8.83. The summed E-state index contributed by atoms with van der Waals surface area (Å²) >= 11 is 0. The fraction of sp³-hybridized carbons (Fsp3) is 0. The van der Waals surface area contributed by atoms with Crippen LogP contribution in [0.1, 0.15) is 0 Å². The third-order valence-corrected chi connectivity index (χ3v) is 5.99. The molecule has 4 heteroatoms. The molecule has 0 aromatic heterocycles. The van der Waals surface area contributed by atoms with Crippen molar-refractivity contribution in [2.45, 2.75) is 4.90 Å². The molecule has 0 aliphatic rings. The Hall–Kier alpha value is -2.88. The summed E-state index contributed by atoms with van der Waals surface area (Å²) in [5.74, 6) is 0. The Bertz CT molecular complexity index is 1220. The van der Waals surface area contributed by atoms with Gasteiger partial charge in [0.1, 0.15) is 0 Å². The van der Waals surface area contributed by atoms with Crippen LogP contribution in [0.3, 0.4) is 0 Å². The second kappa shape index (κ2) is 7.63. The monoisotopic (exact) mass is 404 g/mol. The van der Waals surface area contributed by atoms with Crippen LogP contribution in [0.25, 0.3) is 33.4 Å². The van der Waals surface area contributed by atoms with Crippen molar-refractivity contribution in [1.29, 1.82) is 0 Å². The quantitative estimate of drug-likeness (QED) is 0.358. The molecule has 0 amide bonds. The van der Waals surface area contributed by atoms with Crippen LogP contribution in [0.15, 0.2) is 108 Å². The van der Waals surface area contributed by atoms with Crippen LogP contribution in [0.5, 0.6) is 0 Å². The summed E-state index contributed by atoms with van der Waals surface area (Å²) in [4.78, 5) is 0.0933. The van der Waals surface area contributed by atoms with Gasteiger partial charge in [-0.3, -0.25) is 0 Å². The van der Waals surface area contributed by atoms with E-state index in [1.807, 2.05) is 54.6 Å². The van der Waals surface area contributed by atoms with Crippen molar-refractivity contribution in [3.05, 3.63) is 103 Å². The van der Waals surface area contributed by atoms with Gasteiger partial charge in [0.15, 0.2) is 0 Å². The van der Waals surface area contributed by atoms with Crippen LogP contribution >= 0.6 is 10.7 Å². The van der Waals surface area contributed by atoms with Crippen molar-refractivity contribution in [1.82, 2.24) is 0 Å². The van der Waals surface area contributed by atoms with E-state index in [4.69, 9.17) is 10.7 Å². The van der Waals surface area contributed by atoms with Gasteiger partial charge in [-0.2, -0.15) is 0 Å². The maximum Gasteiger partial charge on any atom is 0.261 e. The number of hydrogen-bond donors (Lipinski definition) is 0. The minimum absolute atomic E-state index is 0.0933. The van der Waals surface area contributed by atoms with Crippen LogP contribution in [-0.2, 0) is 9.05 Å². The molecular weight excluding hydrogens is 388 g/mol. The molecule has 28 heavy (non-hydrogen) atoms. The van der Waals surface area contributed by atoms with Gasteiger partial charge in [-0.25, -0.2) is 8.42 Å². The first-order valence-corrected chi connectivity index (χ1v) is 11.1. The second-order valence-corrected chi connectivity index (χ2v) is 8.99. The van der Waals surface area contributed by atoms with E-state index in [1.165, 1.54) is 6.07 Å². The number of hydrogen-bond acceptors (Lipinski definition) is 2. The second-order valence-electron chi connectivity index (χ2n) is 6.43. The largest absolute Gasteiger partial charge is 0.261 e. The molecule has 138 valence electrons. The van der Waals surface area contributed by atoms with Gasteiger partial charge in [-0.05, 0) is 45.5 Å². The maximum atomic E-state index is 11.8. The highest BCUT2D eigenvalue weighted by Crippen LogP contribution is 2.40. The SMILES string of the molecule is O=S(=O)(Cl)c1cccc(-c2cccc(-c3ccccc3)c2-c2ccccc2)c1. The molecule has 0 bridgehead atoms. The fourth-order valence-corrected chi connectivity index (χ4v) is 4.18. The summed E-state index contributed by atoms with van der Waals surface area (Å²) in [6.45, 7) is 0. The smallest absolute Gasteiger partial charge is 0.207 e. The van der Waals surface area contributed by atoms with Crippen LogP contribution in [-0.4, -0.2) is 8.42 Å². The zero-order chi connectivity index (χ0) is 19.6. The van der Waals surface area contributed by atoms with Crippen LogP contribution in [0, 0.1) is 0 Å². The molecule has 4 aromatic rings. The lowest BCUT2D eigenvalue weighted by Crippen LogP contribution is -1.93. The normalized spacial score (nSPS) is 11.3. The van der Waals surface area contributed by atoms with Crippen molar-refractivity contribution in [2.24, 2.45) is 0 Å². The van der Waals surface area contributed by atoms with Crippen molar-refractivity contribution in [3.8, 4) is 33.4 Å². The Morgan fingerprint density at radius 2 is 1.04 bits per heavy atom. The zero-order valence-electron chi connectivity index (χ0n) is 14.9. The molecule has 2 nitrogen and oxygen atoms in total. The lowest BCUT2D eigenvalue weighted by atomic mass is 9.88. The molecule has 0 heterocycles. The van der Waals surface area contributed by atoms with Gasteiger partial charge in [0.05, 0.1) is 4.90 Å². The van der Waals surface area contributed by atoms with E-state index in [0.717, 1.165) is 33.4 Å². The molecular formula is C24H17ClO2S. The average molecular weight is 405 g/mol. The van der Waals surface area contributed by atoms with E-state index in [0.29, 0.717) is 0 Å². The first kappa shape index (κ1) is 18.5. The molecule has 0 atom stereocenters. The predicted molar refractivity (Wildman–Crippen MR) is 116 cm³/mol. The highest BCUT2D eigenvalue weighted by atomic mass is 35.7. The standard InChI is InChI=1S/C24H17ClO2S/c25-28(26,27)21-14-7-13-20(17-21)23-16-8-15-22(18-9-3-1-4-10-18)24(23)19-11-5-2-6-12-19/h1-17H. The first-order chi connectivity index (χ1) is 13.5. The fourth-order valence-electron chi connectivity index (χ4n) is 3.38. The third kappa shape index (κ3) is 3.72. The van der Waals surface area contributed by atoms with Gasteiger partial charge in [0.25, 0.3) is 9.05 Å². The summed E-state index contributed by atoms with van der Waals surface area (Å²) in [5, 5.41) is 0. The maximum absolute atomic E-state index is 11.8. The van der Waals surface area contributed by atoms with E-state index in [2.05, 4.69) is 30.3 Å². The molecule has 0 saturated carbocycles.